The molecule has 0 spiro atoms. The van der Waals surface area contributed by atoms with Gasteiger partial charge in [0.05, 0.1) is 5.75 Å². The standard InChI is InChI=1S/C14H19NO3S/c1-19-11-13(16)15(9-5-8-14(17)18)10-12-6-3-2-4-7-12/h2-4,6-7H,5,8-11H2,1H3,(H,17,18). The number of amides is 1. The van der Waals surface area contributed by atoms with Crippen molar-refractivity contribution in [2.24, 2.45) is 0 Å². The molecule has 1 amide bonds. The summed E-state index contributed by atoms with van der Waals surface area (Å²) in [5, 5.41) is 8.65. The van der Waals surface area contributed by atoms with Gasteiger partial charge in [-0.1, -0.05) is 30.3 Å². The van der Waals surface area contributed by atoms with Crippen molar-refractivity contribution in [2.75, 3.05) is 18.6 Å². The SMILES string of the molecule is CSCC(=O)N(CCCC(=O)O)Cc1ccccc1. The Morgan fingerprint density at radius 2 is 1.95 bits per heavy atom. The van der Waals surface area contributed by atoms with Crippen LogP contribution in [0.25, 0.3) is 0 Å². The number of nitrogens with zero attached hydrogens (tertiary/aromatic N) is 1. The van der Waals surface area contributed by atoms with E-state index in [2.05, 4.69) is 0 Å². The minimum atomic E-state index is -0.822. The molecule has 0 heterocycles. The number of carboxylic acid groups (broad SMARTS) is 1. The normalized spacial score (nSPS) is 10.2. The topological polar surface area (TPSA) is 57.6 Å². The average molecular weight is 281 g/mol. The van der Waals surface area contributed by atoms with E-state index in [0.29, 0.717) is 25.3 Å². The molecule has 19 heavy (non-hydrogen) atoms. The minimum Gasteiger partial charge on any atom is -0.481 e. The van der Waals surface area contributed by atoms with Gasteiger partial charge < -0.3 is 10.0 Å². The van der Waals surface area contributed by atoms with E-state index in [9.17, 15) is 9.59 Å². The molecule has 0 aliphatic carbocycles. The molecule has 1 rings (SSSR count). The van der Waals surface area contributed by atoms with Gasteiger partial charge in [-0.05, 0) is 18.2 Å². The van der Waals surface area contributed by atoms with E-state index in [1.165, 1.54) is 11.8 Å². The highest BCUT2D eigenvalue weighted by Crippen LogP contribution is 2.08. The fourth-order valence-corrected chi connectivity index (χ4v) is 2.16. The Morgan fingerprint density at radius 3 is 2.53 bits per heavy atom. The lowest BCUT2D eigenvalue weighted by Crippen LogP contribution is -2.33. The molecular formula is C14H19NO3S. The molecule has 0 saturated heterocycles. The fraction of sp³-hybridized carbons (Fsp3) is 0.429. The molecule has 1 aromatic carbocycles. The Kier molecular flexibility index (Phi) is 7.03. The third kappa shape index (κ3) is 6.29. The van der Waals surface area contributed by atoms with Crippen molar-refractivity contribution in [3.8, 4) is 0 Å². The van der Waals surface area contributed by atoms with E-state index in [0.717, 1.165) is 5.56 Å². The molecule has 0 radical (unpaired) electrons. The number of carbonyl (C=O) groups is 2. The Hall–Kier alpha value is -1.49. The van der Waals surface area contributed by atoms with Crippen LogP contribution >= 0.6 is 11.8 Å². The van der Waals surface area contributed by atoms with E-state index in [1.807, 2.05) is 36.6 Å². The average Bonchev–Trinajstić information content (AvgIpc) is 2.38. The van der Waals surface area contributed by atoms with Crippen LogP contribution in [0.1, 0.15) is 18.4 Å². The van der Waals surface area contributed by atoms with Gasteiger partial charge in [-0.25, -0.2) is 0 Å². The molecule has 0 saturated carbocycles. The molecule has 5 heteroatoms. The predicted octanol–water partition coefficient (Wildman–Crippen LogP) is 2.24. The van der Waals surface area contributed by atoms with Gasteiger partial charge >= 0.3 is 5.97 Å². The minimum absolute atomic E-state index is 0.0572. The van der Waals surface area contributed by atoms with Gasteiger partial charge in [0, 0.05) is 19.5 Å². The summed E-state index contributed by atoms with van der Waals surface area (Å²) < 4.78 is 0. The van der Waals surface area contributed by atoms with Gasteiger partial charge in [-0.2, -0.15) is 11.8 Å². The van der Waals surface area contributed by atoms with Crippen LogP contribution in [0.2, 0.25) is 0 Å². The first-order valence-corrected chi connectivity index (χ1v) is 7.55. The summed E-state index contributed by atoms with van der Waals surface area (Å²) in [6.07, 6.45) is 2.47. The number of aliphatic carboxylic acids is 1. The van der Waals surface area contributed by atoms with Crippen LogP contribution in [0, 0.1) is 0 Å². The summed E-state index contributed by atoms with van der Waals surface area (Å²) in [6, 6.07) is 9.74. The number of benzene rings is 1. The quantitative estimate of drug-likeness (QED) is 0.794. The maximum absolute atomic E-state index is 12.0. The number of hydrogen-bond acceptors (Lipinski definition) is 3. The largest absolute Gasteiger partial charge is 0.481 e. The Bertz CT molecular complexity index is 408. The Balaban J connectivity index is 2.58. The second kappa shape index (κ2) is 8.58. The van der Waals surface area contributed by atoms with Crippen LogP contribution in [0.15, 0.2) is 30.3 Å². The maximum Gasteiger partial charge on any atom is 0.303 e. The molecule has 0 fully saturated rings. The van der Waals surface area contributed by atoms with Crippen LogP contribution in [0.5, 0.6) is 0 Å². The molecule has 1 aromatic rings. The predicted molar refractivity (Wildman–Crippen MR) is 77.1 cm³/mol. The van der Waals surface area contributed by atoms with E-state index >= 15 is 0 Å². The summed E-state index contributed by atoms with van der Waals surface area (Å²) in [4.78, 5) is 24.2. The molecular weight excluding hydrogens is 262 g/mol. The first-order valence-electron chi connectivity index (χ1n) is 6.16. The van der Waals surface area contributed by atoms with Crippen molar-refractivity contribution in [1.82, 2.24) is 4.90 Å². The number of thioether (sulfide) groups is 1. The van der Waals surface area contributed by atoms with Crippen LogP contribution in [-0.2, 0) is 16.1 Å². The van der Waals surface area contributed by atoms with Gasteiger partial charge in [-0.3, -0.25) is 9.59 Å². The van der Waals surface area contributed by atoms with Crippen molar-refractivity contribution >= 4 is 23.6 Å². The Morgan fingerprint density at radius 1 is 1.26 bits per heavy atom. The van der Waals surface area contributed by atoms with Crippen LogP contribution in [0.4, 0.5) is 0 Å². The first-order chi connectivity index (χ1) is 9.13. The van der Waals surface area contributed by atoms with E-state index in [1.54, 1.807) is 4.90 Å². The van der Waals surface area contributed by atoms with Crippen LogP contribution < -0.4 is 0 Å². The molecule has 0 bridgehead atoms. The lowest BCUT2D eigenvalue weighted by atomic mass is 10.2. The van der Waals surface area contributed by atoms with Crippen molar-refractivity contribution < 1.29 is 14.7 Å². The highest BCUT2D eigenvalue weighted by atomic mass is 32.2. The Labute approximate surface area is 117 Å². The van der Waals surface area contributed by atoms with Crippen molar-refractivity contribution in [3.63, 3.8) is 0 Å². The lowest BCUT2D eigenvalue weighted by molar-refractivity contribution is -0.138. The summed E-state index contributed by atoms with van der Waals surface area (Å²) in [5.41, 5.74) is 1.06. The number of carbonyl (C=O) groups excluding carboxylic acids is 1. The third-order valence-electron chi connectivity index (χ3n) is 2.66. The zero-order chi connectivity index (χ0) is 14.1. The second-order valence-electron chi connectivity index (χ2n) is 4.23. The number of hydrogen-bond donors (Lipinski definition) is 1. The van der Waals surface area contributed by atoms with Gasteiger partial charge in [0.1, 0.15) is 0 Å². The van der Waals surface area contributed by atoms with E-state index in [4.69, 9.17) is 5.11 Å². The fourth-order valence-electron chi connectivity index (χ4n) is 1.73. The van der Waals surface area contributed by atoms with Crippen molar-refractivity contribution in [2.45, 2.75) is 19.4 Å². The molecule has 4 nitrogen and oxygen atoms in total. The molecule has 1 N–H and O–H groups in total. The number of rotatable bonds is 8. The summed E-state index contributed by atoms with van der Waals surface area (Å²) in [7, 11) is 0. The van der Waals surface area contributed by atoms with Gasteiger partial charge in [0.2, 0.25) is 5.91 Å². The molecule has 0 aromatic heterocycles. The van der Waals surface area contributed by atoms with Crippen LogP contribution in [0.3, 0.4) is 0 Å². The second-order valence-corrected chi connectivity index (χ2v) is 5.10. The lowest BCUT2D eigenvalue weighted by Gasteiger charge is -2.22. The monoisotopic (exact) mass is 281 g/mol. The zero-order valence-electron chi connectivity index (χ0n) is 11.0. The molecule has 0 aliphatic rings. The van der Waals surface area contributed by atoms with E-state index in [-0.39, 0.29) is 12.3 Å². The van der Waals surface area contributed by atoms with Gasteiger partial charge in [0.25, 0.3) is 0 Å². The zero-order valence-corrected chi connectivity index (χ0v) is 11.9. The summed E-state index contributed by atoms with van der Waals surface area (Å²) in [6.45, 7) is 1.03. The molecule has 0 aliphatic heterocycles. The summed E-state index contributed by atoms with van der Waals surface area (Å²) >= 11 is 1.48. The first kappa shape index (κ1) is 15.6. The number of carboxylic acids is 1. The highest BCUT2D eigenvalue weighted by molar-refractivity contribution is 7.99. The molecule has 0 unspecified atom stereocenters. The highest BCUT2D eigenvalue weighted by Gasteiger charge is 2.13. The smallest absolute Gasteiger partial charge is 0.303 e. The molecule has 104 valence electrons. The van der Waals surface area contributed by atoms with Gasteiger partial charge in [-0.15, -0.1) is 0 Å². The third-order valence-corrected chi connectivity index (χ3v) is 3.19. The summed E-state index contributed by atoms with van der Waals surface area (Å²) in [5.74, 6) is -0.335. The maximum atomic E-state index is 12.0. The van der Waals surface area contributed by atoms with Crippen molar-refractivity contribution in [3.05, 3.63) is 35.9 Å². The van der Waals surface area contributed by atoms with Crippen molar-refractivity contribution in [1.29, 1.82) is 0 Å². The van der Waals surface area contributed by atoms with Gasteiger partial charge in [0.15, 0.2) is 0 Å². The molecule has 0 atom stereocenters. The van der Waals surface area contributed by atoms with E-state index < -0.39 is 5.97 Å². The van der Waals surface area contributed by atoms with Crippen LogP contribution in [-0.4, -0.2) is 40.4 Å².